The summed E-state index contributed by atoms with van der Waals surface area (Å²) >= 11 is 0. The van der Waals surface area contributed by atoms with Gasteiger partial charge < -0.3 is 11.5 Å². The number of hydrogen-bond acceptors (Lipinski definition) is 2. The average Bonchev–Trinajstić information content (AvgIpc) is 2.30. The molecule has 0 saturated carbocycles. The van der Waals surface area contributed by atoms with Gasteiger partial charge in [0.2, 0.25) is 11.8 Å². The number of hydrogen-bond donors (Lipinski definition) is 2. The highest BCUT2D eigenvalue weighted by molar-refractivity contribution is 5.81. The van der Waals surface area contributed by atoms with Crippen LogP contribution in [0, 0.1) is 6.92 Å². The van der Waals surface area contributed by atoms with Crippen molar-refractivity contribution < 1.29 is 9.59 Å². The quantitative estimate of drug-likeness (QED) is 0.718. The van der Waals surface area contributed by atoms with Crippen LogP contribution >= 0.6 is 0 Å². The molecule has 0 aliphatic rings. The van der Waals surface area contributed by atoms with Crippen molar-refractivity contribution in [2.24, 2.45) is 11.5 Å². The molecule has 4 heteroatoms. The normalized spacial score (nSPS) is 12.1. The first-order chi connectivity index (χ1) is 8.50. The van der Waals surface area contributed by atoms with E-state index >= 15 is 0 Å². The maximum absolute atomic E-state index is 11.4. The predicted octanol–water partition coefficient (Wildman–Crippen LogP) is 1.61. The summed E-state index contributed by atoms with van der Waals surface area (Å²) in [5.41, 5.74) is 12.6. The van der Waals surface area contributed by atoms with Gasteiger partial charge >= 0.3 is 0 Å². The molecule has 1 aromatic rings. The Bertz CT molecular complexity index is 412. The monoisotopic (exact) mass is 248 g/mol. The van der Waals surface area contributed by atoms with E-state index in [9.17, 15) is 9.59 Å². The lowest BCUT2D eigenvalue weighted by atomic mass is 9.92. The van der Waals surface area contributed by atoms with E-state index in [4.69, 9.17) is 11.5 Å². The molecular weight excluding hydrogens is 228 g/mol. The van der Waals surface area contributed by atoms with E-state index in [1.807, 2.05) is 31.2 Å². The van der Waals surface area contributed by atoms with E-state index in [2.05, 4.69) is 0 Å². The van der Waals surface area contributed by atoms with E-state index in [0.29, 0.717) is 19.3 Å². The summed E-state index contributed by atoms with van der Waals surface area (Å²) in [5.74, 6) is -0.905. The predicted molar refractivity (Wildman–Crippen MR) is 70.8 cm³/mol. The smallest absolute Gasteiger partial charge is 0.224 e. The Morgan fingerprint density at radius 2 is 1.72 bits per heavy atom. The van der Waals surface area contributed by atoms with E-state index < -0.39 is 0 Å². The molecule has 0 radical (unpaired) electrons. The molecule has 0 saturated heterocycles. The fraction of sp³-hybridized carbons (Fsp3) is 0.429. The van der Waals surface area contributed by atoms with Crippen LogP contribution in [0.1, 0.15) is 42.7 Å². The summed E-state index contributed by atoms with van der Waals surface area (Å²) < 4.78 is 0. The molecule has 1 aromatic carbocycles. The lowest BCUT2D eigenvalue weighted by molar-refractivity contribution is -0.119. The van der Waals surface area contributed by atoms with Crippen molar-refractivity contribution in [3.8, 4) is 0 Å². The van der Waals surface area contributed by atoms with Crippen molar-refractivity contribution in [2.75, 3.05) is 0 Å². The summed E-state index contributed by atoms with van der Waals surface area (Å²) in [7, 11) is 0. The van der Waals surface area contributed by atoms with Gasteiger partial charge in [-0.3, -0.25) is 9.59 Å². The zero-order valence-electron chi connectivity index (χ0n) is 10.7. The van der Waals surface area contributed by atoms with Crippen LogP contribution < -0.4 is 11.5 Å². The SMILES string of the molecule is Cc1ccc(C(CCCCC(N)=O)C(N)=O)cc1. The molecule has 0 spiro atoms. The van der Waals surface area contributed by atoms with Crippen LogP contribution in [-0.4, -0.2) is 11.8 Å². The number of benzene rings is 1. The summed E-state index contributed by atoms with van der Waals surface area (Å²) in [6, 6.07) is 7.79. The van der Waals surface area contributed by atoms with Crippen molar-refractivity contribution in [3.05, 3.63) is 35.4 Å². The number of aryl methyl sites for hydroxylation is 1. The van der Waals surface area contributed by atoms with Gasteiger partial charge in [0.25, 0.3) is 0 Å². The highest BCUT2D eigenvalue weighted by Crippen LogP contribution is 2.22. The number of unbranched alkanes of at least 4 members (excludes halogenated alkanes) is 1. The van der Waals surface area contributed by atoms with Crippen LogP contribution in [0.2, 0.25) is 0 Å². The fourth-order valence-corrected chi connectivity index (χ4v) is 1.92. The highest BCUT2D eigenvalue weighted by Gasteiger charge is 2.17. The van der Waals surface area contributed by atoms with Crippen molar-refractivity contribution in [2.45, 2.75) is 38.5 Å². The molecule has 0 aliphatic heterocycles. The minimum absolute atomic E-state index is 0.279. The lowest BCUT2D eigenvalue weighted by Gasteiger charge is -2.13. The maximum Gasteiger partial charge on any atom is 0.224 e. The number of rotatable bonds is 7. The summed E-state index contributed by atoms with van der Waals surface area (Å²) in [6.45, 7) is 2.00. The number of nitrogens with two attached hydrogens (primary N) is 2. The maximum atomic E-state index is 11.4. The molecule has 2 amide bonds. The Morgan fingerprint density at radius 3 is 2.22 bits per heavy atom. The Morgan fingerprint density at radius 1 is 1.11 bits per heavy atom. The second-order valence-corrected chi connectivity index (χ2v) is 4.58. The zero-order valence-corrected chi connectivity index (χ0v) is 10.7. The molecule has 98 valence electrons. The van der Waals surface area contributed by atoms with E-state index in [1.165, 1.54) is 0 Å². The Balaban J connectivity index is 2.57. The zero-order chi connectivity index (χ0) is 13.5. The second-order valence-electron chi connectivity index (χ2n) is 4.58. The van der Waals surface area contributed by atoms with Gasteiger partial charge in [-0.05, 0) is 25.3 Å². The standard InChI is InChI=1S/C14H20N2O2/c1-10-6-8-11(9-7-10)12(14(16)18)4-2-3-5-13(15)17/h6-9,12H,2-5H2,1H3,(H2,15,17)(H2,16,18). The van der Waals surface area contributed by atoms with Crippen LogP contribution in [0.15, 0.2) is 24.3 Å². The molecule has 0 aliphatic carbocycles. The highest BCUT2D eigenvalue weighted by atomic mass is 16.1. The van der Waals surface area contributed by atoms with Crippen molar-refractivity contribution in [1.29, 1.82) is 0 Å². The third kappa shape index (κ3) is 4.57. The van der Waals surface area contributed by atoms with E-state index in [1.54, 1.807) is 0 Å². The third-order valence-corrected chi connectivity index (χ3v) is 2.99. The fourth-order valence-electron chi connectivity index (χ4n) is 1.92. The molecule has 1 rings (SSSR count). The van der Waals surface area contributed by atoms with E-state index in [0.717, 1.165) is 17.5 Å². The number of primary amides is 2. The minimum Gasteiger partial charge on any atom is -0.370 e. The van der Waals surface area contributed by atoms with Crippen molar-refractivity contribution in [3.63, 3.8) is 0 Å². The third-order valence-electron chi connectivity index (χ3n) is 2.99. The largest absolute Gasteiger partial charge is 0.370 e. The van der Waals surface area contributed by atoms with E-state index in [-0.39, 0.29) is 17.7 Å². The van der Waals surface area contributed by atoms with Gasteiger partial charge in [-0.25, -0.2) is 0 Å². The first kappa shape index (κ1) is 14.2. The van der Waals surface area contributed by atoms with Gasteiger partial charge in [0.05, 0.1) is 5.92 Å². The minimum atomic E-state index is -0.321. The molecule has 4 N–H and O–H groups in total. The molecule has 1 atom stereocenters. The summed E-state index contributed by atoms with van der Waals surface area (Å²) in [6.07, 6.45) is 2.49. The molecule has 0 fully saturated rings. The molecule has 0 heterocycles. The first-order valence-corrected chi connectivity index (χ1v) is 6.15. The molecular formula is C14H20N2O2. The topological polar surface area (TPSA) is 86.2 Å². The average molecular weight is 248 g/mol. The van der Waals surface area contributed by atoms with Crippen LogP contribution in [0.25, 0.3) is 0 Å². The van der Waals surface area contributed by atoms with Gasteiger partial charge in [0, 0.05) is 6.42 Å². The second kappa shape index (κ2) is 6.79. The lowest BCUT2D eigenvalue weighted by Crippen LogP contribution is -2.21. The molecule has 1 unspecified atom stereocenters. The Labute approximate surface area is 107 Å². The van der Waals surface area contributed by atoms with Crippen LogP contribution in [0.4, 0.5) is 0 Å². The number of amides is 2. The van der Waals surface area contributed by atoms with Crippen molar-refractivity contribution in [1.82, 2.24) is 0 Å². The number of carbonyl (C=O) groups is 2. The van der Waals surface area contributed by atoms with Crippen LogP contribution in [0.3, 0.4) is 0 Å². The van der Waals surface area contributed by atoms with Crippen molar-refractivity contribution >= 4 is 11.8 Å². The molecule has 0 bridgehead atoms. The summed E-state index contributed by atoms with van der Waals surface area (Å²) in [5, 5.41) is 0. The van der Waals surface area contributed by atoms with Crippen LogP contribution in [-0.2, 0) is 9.59 Å². The number of carbonyl (C=O) groups excluding carboxylic acids is 2. The first-order valence-electron chi connectivity index (χ1n) is 6.15. The van der Waals surface area contributed by atoms with Gasteiger partial charge in [-0.15, -0.1) is 0 Å². The van der Waals surface area contributed by atoms with Gasteiger partial charge in [0.1, 0.15) is 0 Å². The Kier molecular flexibility index (Phi) is 5.36. The van der Waals surface area contributed by atoms with Gasteiger partial charge in [-0.2, -0.15) is 0 Å². The summed E-state index contributed by atoms with van der Waals surface area (Å²) in [4.78, 5) is 22.1. The van der Waals surface area contributed by atoms with Gasteiger partial charge in [0.15, 0.2) is 0 Å². The molecule has 18 heavy (non-hydrogen) atoms. The van der Waals surface area contributed by atoms with Crippen LogP contribution in [0.5, 0.6) is 0 Å². The Hall–Kier alpha value is -1.84. The van der Waals surface area contributed by atoms with Gasteiger partial charge in [-0.1, -0.05) is 36.2 Å². The molecule has 0 aromatic heterocycles. The molecule has 4 nitrogen and oxygen atoms in total.